The summed E-state index contributed by atoms with van der Waals surface area (Å²) in [5.41, 5.74) is 0.139. The van der Waals surface area contributed by atoms with Gasteiger partial charge in [-0.2, -0.15) is 5.26 Å². The third-order valence-corrected chi connectivity index (χ3v) is 4.87. The molecule has 2 aromatic heterocycles. The number of fused-ring (bicyclic) bond motifs is 1. The average molecular weight is 394 g/mol. The van der Waals surface area contributed by atoms with E-state index < -0.39 is 11.5 Å². The van der Waals surface area contributed by atoms with E-state index in [0.717, 1.165) is 5.75 Å². The molecule has 0 radical (unpaired) electrons. The zero-order chi connectivity index (χ0) is 19.9. The Kier molecular flexibility index (Phi) is 6.35. The molecule has 7 heteroatoms. The van der Waals surface area contributed by atoms with Crippen LogP contribution in [0.15, 0.2) is 64.4 Å². The van der Waals surface area contributed by atoms with Crippen LogP contribution in [0.4, 0.5) is 0 Å². The predicted octanol–water partition coefficient (Wildman–Crippen LogP) is 3.52. The molecule has 0 bridgehead atoms. The molecule has 0 saturated carbocycles. The minimum absolute atomic E-state index is 0.0597. The van der Waals surface area contributed by atoms with Gasteiger partial charge < -0.3 is 9.47 Å². The van der Waals surface area contributed by atoms with E-state index in [1.165, 1.54) is 22.4 Å². The molecule has 0 fully saturated rings. The molecule has 3 rings (SSSR count). The first-order valence-electron chi connectivity index (χ1n) is 8.63. The molecule has 2 heterocycles. The summed E-state index contributed by atoms with van der Waals surface area (Å²) in [5.74, 6) is 0.190. The summed E-state index contributed by atoms with van der Waals surface area (Å²) in [7, 11) is 0. The number of ether oxygens (including phenoxy) is 2. The van der Waals surface area contributed by atoms with Crippen molar-refractivity contribution in [2.24, 2.45) is 0 Å². The minimum Gasteiger partial charge on any atom is -0.493 e. The number of rotatable bonds is 7. The van der Waals surface area contributed by atoms with Gasteiger partial charge in [-0.15, -0.1) is 11.8 Å². The highest BCUT2D eigenvalue weighted by atomic mass is 32.2. The quantitative estimate of drug-likeness (QED) is 0.346. The van der Waals surface area contributed by atoms with E-state index in [-0.39, 0.29) is 17.7 Å². The van der Waals surface area contributed by atoms with Crippen LogP contribution in [0.3, 0.4) is 0 Å². The second-order valence-electron chi connectivity index (χ2n) is 5.81. The Balaban J connectivity index is 1.77. The first-order valence-corrected chi connectivity index (χ1v) is 9.86. The SMILES string of the molecule is CSc1c(C#N)c(=O)n2ccccc2c1C(=O)OCCCOc1ccccc1. The molecule has 0 aliphatic rings. The van der Waals surface area contributed by atoms with Crippen LogP contribution in [0.5, 0.6) is 5.75 Å². The van der Waals surface area contributed by atoms with Gasteiger partial charge in [0.1, 0.15) is 17.4 Å². The molecule has 3 aromatic rings. The fourth-order valence-corrected chi connectivity index (χ4v) is 3.51. The van der Waals surface area contributed by atoms with Crippen molar-refractivity contribution in [1.29, 1.82) is 5.26 Å². The summed E-state index contributed by atoms with van der Waals surface area (Å²) < 4.78 is 12.3. The number of nitriles is 1. The van der Waals surface area contributed by atoms with Crippen LogP contribution in [-0.2, 0) is 4.74 Å². The van der Waals surface area contributed by atoms with Crippen LogP contribution in [0, 0.1) is 11.3 Å². The van der Waals surface area contributed by atoms with Gasteiger partial charge in [0.2, 0.25) is 0 Å². The molecule has 0 atom stereocenters. The van der Waals surface area contributed by atoms with E-state index in [2.05, 4.69) is 0 Å². The highest BCUT2D eigenvalue weighted by molar-refractivity contribution is 7.98. The number of aromatic nitrogens is 1. The summed E-state index contributed by atoms with van der Waals surface area (Å²) in [5, 5.41) is 9.41. The van der Waals surface area contributed by atoms with E-state index in [0.29, 0.717) is 23.4 Å². The Hall–Kier alpha value is -3.24. The topological polar surface area (TPSA) is 80.8 Å². The Morgan fingerprint density at radius 2 is 1.89 bits per heavy atom. The van der Waals surface area contributed by atoms with Crippen LogP contribution >= 0.6 is 11.8 Å². The van der Waals surface area contributed by atoms with Crippen molar-refractivity contribution in [2.45, 2.75) is 11.3 Å². The van der Waals surface area contributed by atoms with Crippen molar-refractivity contribution in [3.8, 4) is 11.8 Å². The fourth-order valence-electron chi connectivity index (χ4n) is 2.79. The summed E-state index contributed by atoms with van der Waals surface area (Å²) >= 11 is 1.18. The van der Waals surface area contributed by atoms with Gasteiger partial charge in [0.05, 0.1) is 24.3 Å². The number of esters is 1. The molecule has 6 nitrogen and oxygen atoms in total. The number of carbonyl (C=O) groups excluding carboxylic acids is 1. The molecular formula is C21H18N2O4S. The molecule has 0 saturated heterocycles. The number of nitrogens with zero attached hydrogens (tertiary/aromatic N) is 2. The molecule has 0 aliphatic carbocycles. The van der Waals surface area contributed by atoms with Crippen molar-refractivity contribution >= 4 is 23.2 Å². The molecule has 28 heavy (non-hydrogen) atoms. The van der Waals surface area contributed by atoms with Gasteiger partial charge in [-0.1, -0.05) is 24.3 Å². The van der Waals surface area contributed by atoms with Gasteiger partial charge in [0, 0.05) is 17.5 Å². The molecule has 0 amide bonds. The number of hydrogen-bond donors (Lipinski definition) is 0. The lowest BCUT2D eigenvalue weighted by Gasteiger charge is -2.13. The summed E-state index contributed by atoms with van der Waals surface area (Å²) in [6, 6.07) is 16.4. The number of carbonyl (C=O) groups is 1. The molecule has 0 spiro atoms. The second kappa shape index (κ2) is 9.11. The van der Waals surface area contributed by atoms with E-state index in [1.807, 2.05) is 36.4 Å². The van der Waals surface area contributed by atoms with Gasteiger partial charge in [0.15, 0.2) is 0 Å². The first-order chi connectivity index (χ1) is 13.7. The van der Waals surface area contributed by atoms with Gasteiger partial charge in [0.25, 0.3) is 5.56 Å². The first kappa shape index (κ1) is 19.5. The number of benzene rings is 1. The van der Waals surface area contributed by atoms with Crippen molar-refractivity contribution < 1.29 is 14.3 Å². The zero-order valence-corrected chi connectivity index (χ0v) is 16.1. The largest absolute Gasteiger partial charge is 0.493 e. The Morgan fingerprint density at radius 3 is 2.61 bits per heavy atom. The normalized spacial score (nSPS) is 10.4. The minimum atomic E-state index is -0.565. The van der Waals surface area contributed by atoms with Crippen LogP contribution in [0.25, 0.3) is 5.52 Å². The maximum Gasteiger partial charge on any atom is 0.341 e. The van der Waals surface area contributed by atoms with E-state index in [1.54, 1.807) is 24.5 Å². The highest BCUT2D eigenvalue weighted by Gasteiger charge is 2.23. The van der Waals surface area contributed by atoms with Gasteiger partial charge in [-0.25, -0.2) is 4.79 Å². The lowest BCUT2D eigenvalue weighted by atomic mass is 10.1. The lowest BCUT2D eigenvalue weighted by molar-refractivity contribution is 0.0483. The maximum atomic E-state index is 12.7. The third kappa shape index (κ3) is 4.02. The summed E-state index contributed by atoms with van der Waals surface area (Å²) in [6.45, 7) is 0.574. The molecular weight excluding hydrogens is 376 g/mol. The van der Waals surface area contributed by atoms with Crippen LogP contribution in [0.2, 0.25) is 0 Å². The summed E-state index contributed by atoms with van der Waals surface area (Å²) in [6.07, 6.45) is 3.78. The molecule has 0 unspecified atom stereocenters. The highest BCUT2D eigenvalue weighted by Crippen LogP contribution is 2.27. The fraction of sp³-hybridized carbons (Fsp3) is 0.190. The van der Waals surface area contributed by atoms with Gasteiger partial charge in [-0.05, 0) is 30.5 Å². The number of para-hydroxylation sites is 1. The van der Waals surface area contributed by atoms with E-state index in [9.17, 15) is 14.9 Å². The van der Waals surface area contributed by atoms with E-state index >= 15 is 0 Å². The maximum absolute atomic E-state index is 12.7. The van der Waals surface area contributed by atoms with Crippen molar-refractivity contribution in [3.63, 3.8) is 0 Å². The number of pyridine rings is 2. The smallest absolute Gasteiger partial charge is 0.341 e. The van der Waals surface area contributed by atoms with Crippen LogP contribution < -0.4 is 10.3 Å². The molecule has 142 valence electrons. The number of thioether (sulfide) groups is 1. The van der Waals surface area contributed by atoms with Crippen LogP contribution in [-0.4, -0.2) is 29.8 Å². The average Bonchev–Trinajstić information content (AvgIpc) is 2.74. The second-order valence-corrected chi connectivity index (χ2v) is 6.62. The lowest BCUT2D eigenvalue weighted by Crippen LogP contribution is -2.22. The Labute approximate surface area is 166 Å². The molecule has 1 aromatic carbocycles. The number of hydrogen-bond acceptors (Lipinski definition) is 6. The molecule has 0 aliphatic heterocycles. The van der Waals surface area contributed by atoms with Crippen molar-refractivity contribution in [2.75, 3.05) is 19.5 Å². The monoisotopic (exact) mass is 394 g/mol. The predicted molar refractivity (Wildman–Crippen MR) is 107 cm³/mol. The molecule has 0 N–H and O–H groups in total. The van der Waals surface area contributed by atoms with Gasteiger partial charge >= 0.3 is 5.97 Å². The van der Waals surface area contributed by atoms with Crippen LogP contribution in [0.1, 0.15) is 22.3 Å². The third-order valence-electron chi connectivity index (χ3n) is 4.06. The Bertz CT molecular complexity index is 1090. The van der Waals surface area contributed by atoms with Gasteiger partial charge in [-0.3, -0.25) is 9.20 Å². The van der Waals surface area contributed by atoms with E-state index in [4.69, 9.17) is 9.47 Å². The van der Waals surface area contributed by atoms with Crippen molar-refractivity contribution in [1.82, 2.24) is 4.40 Å². The summed E-state index contributed by atoms with van der Waals surface area (Å²) in [4.78, 5) is 25.6. The standard InChI is InChI=1S/C21H18N2O4S/c1-28-19-16(14-22)20(24)23-11-6-5-10-17(23)18(19)21(25)27-13-7-12-26-15-8-3-2-4-9-15/h2-6,8-11H,7,12-13H2,1H3. The Morgan fingerprint density at radius 1 is 1.14 bits per heavy atom. The zero-order valence-electron chi connectivity index (χ0n) is 15.3. The van der Waals surface area contributed by atoms with Crippen molar-refractivity contribution in [3.05, 3.63) is 76.2 Å².